The Kier molecular flexibility index (Phi) is 6.09. The predicted molar refractivity (Wildman–Crippen MR) is 64.1 cm³/mol. The Morgan fingerprint density at radius 2 is 1.94 bits per heavy atom. The molecule has 0 aromatic heterocycles. The van der Waals surface area contributed by atoms with Crippen LogP contribution in [-0.2, 0) is 6.54 Å². The zero-order valence-corrected chi connectivity index (χ0v) is 10.3. The molecular weight excluding hydrogens is 238 g/mol. The van der Waals surface area contributed by atoms with Crippen molar-refractivity contribution in [3.63, 3.8) is 0 Å². The van der Waals surface area contributed by atoms with E-state index in [0.717, 1.165) is 0 Å². The highest BCUT2D eigenvalue weighted by Gasteiger charge is 2.12. The lowest BCUT2D eigenvalue weighted by Gasteiger charge is -2.09. The number of nitrogens with one attached hydrogen (secondary N) is 1. The Hall–Kier alpha value is -1.67. The molecule has 0 aliphatic carbocycles. The molecule has 0 aliphatic rings. The lowest BCUT2D eigenvalue weighted by atomic mass is 10.2. The average Bonchev–Trinajstić information content (AvgIpc) is 2.32. The van der Waals surface area contributed by atoms with Crippen LogP contribution in [0.25, 0.3) is 0 Å². The van der Waals surface area contributed by atoms with Gasteiger partial charge in [-0.15, -0.1) is 0 Å². The second-order valence-corrected chi connectivity index (χ2v) is 3.88. The molecular formula is C13H16F2N2O. The van der Waals surface area contributed by atoms with Crippen LogP contribution in [0.4, 0.5) is 8.78 Å². The zero-order valence-electron chi connectivity index (χ0n) is 10.3. The van der Waals surface area contributed by atoms with E-state index in [1.807, 2.05) is 6.07 Å². The van der Waals surface area contributed by atoms with Crippen molar-refractivity contribution in [3.8, 4) is 11.8 Å². The predicted octanol–water partition coefficient (Wildman–Crippen LogP) is 2.76. The van der Waals surface area contributed by atoms with E-state index < -0.39 is 11.6 Å². The van der Waals surface area contributed by atoms with E-state index in [2.05, 4.69) is 5.32 Å². The molecule has 0 heterocycles. The van der Waals surface area contributed by atoms with Crippen LogP contribution in [-0.4, -0.2) is 13.7 Å². The molecule has 0 amide bonds. The maximum Gasteiger partial charge on any atom is 0.190 e. The fraction of sp³-hybridized carbons (Fsp3) is 0.462. The summed E-state index contributed by atoms with van der Waals surface area (Å²) in [7, 11) is 1.70. The van der Waals surface area contributed by atoms with E-state index in [-0.39, 0.29) is 12.4 Å². The van der Waals surface area contributed by atoms with Crippen molar-refractivity contribution in [2.24, 2.45) is 0 Å². The standard InChI is InChI=1S/C13H16F2N2O/c1-17-9-10-7-11(14)13(12(15)8-10)18-6-4-2-3-5-16/h7-8,17H,2-4,6,9H2,1H3. The number of benzene rings is 1. The topological polar surface area (TPSA) is 45.0 Å². The van der Waals surface area contributed by atoms with Gasteiger partial charge in [-0.05, 0) is 37.6 Å². The molecule has 0 spiro atoms. The fourth-order valence-corrected chi connectivity index (χ4v) is 1.54. The van der Waals surface area contributed by atoms with Gasteiger partial charge in [0.25, 0.3) is 0 Å². The van der Waals surface area contributed by atoms with Crippen molar-refractivity contribution >= 4 is 0 Å². The molecule has 1 N–H and O–H groups in total. The molecule has 98 valence electrons. The number of ether oxygens (including phenoxy) is 1. The molecule has 3 nitrogen and oxygen atoms in total. The number of halogens is 2. The monoisotopic (exact) mass is 254 g/mol. The number of rotatable bonds is 7. The minimum absolute atomic E-state index is 0.209. The summed E-state index contributed by atoms with van der Waals surface area (Å²) in [4.78, 5) is 0. The summed E-state index contributed by atoms with van der Waals surface area (Å²) in [6.45, 7) is 0.608. The summed E-state index contributed by atoms with van der Waals surface area (Å²) in [5.41, 5.74) is 0.532. The quantitative estimate of drug-likeness (QED) is 0.761. The molecule has 0 saturated heterocycles. The van der Waals surface area contributed by atoms with Crippen molar-refractivity contribution in [1.82, 2.24) is 5.32 Å². The van der Waals surface area contributed by atoms with Gasteiger partial charge in [-0.25, -0.2) is 8.78 Å². The van der Waals surface area contributed by atoms with Gasteiger partial charge < -0.3 is 10.1 Å². The average molecular weight is 254 g/mol. The second-order valence-electron chi connectivity index (χ2n) is 3.88. The zero-order chi connectivity index (χ0) is 13.4. The highest BCUT2D eigenvalue weighted by molar-refractivity contribution is 5.31. The Morgan fingerprint density at radius 3 is 2.50 bits per heavy atom. The Bertz CT molecular complexity index is 406. The lowest BCUT2D eigenvalue weighted by Crippen LogP contribution is -2.07. The van der Waals surface area contributed by atoms with Gasteiger partial charge in [0.1, 0.15) is 0 Å². The first-order chi connectivity index (χ1) is 8.69. The van der Waals surface area contributed by atoms with Crippen molar-refractivity contribution < 1.29 is 13.5 Å². The maximum absolute atomic E-state index is 13.6. The van der Waals surface area contributed by atoms with Crippen LogP contribution < -0.4 is 10.1 Å². The molecule has 5 heteroatoms. The van der Waals surface area contributed by atoms with Crippen LogP contribution >= 0.6 is 0 Å². The summed E-state index contributed by atoms with van der Waals surface area (Å²) in [6, 6.07) is 4.51. The third kappa shape index (κ3) is 4.30. The van der Waals surface area contributed by atoms with Gasteiger partial charge in [-0.1, -0.05) is 0 Å². The van der Waals surface area contributed by atoms with Crippen LogP contribution in [0.5, 0.6) is 5.75 Å². The normalized spacial score (nSPS) is 10.1. The first-order valence-corrected chi connectivity index (χ1v) is 5.81. The first-order valence-electron chi connectivity index (χ1n) is 5.81. The van der Waals surface area contributed by atoms with Crippen molar-refractivity contribution in [2.45, 2.75) is 25.8 Å². The Balaban J connectivity index is 2.58. The van der Waals surface area contributed by atoms with E-state index in [9.17, 15) is 8.78 Å². The SMILES string of the molecule is CNCc1cc(F)c(OCCCCC#N)c(F)c1. The molecule has 18 heavy (non-hydrogen) atoms. The van der Waals surface area contributed by atoms with E-state index in [1.165, 1.54) is 12.1 Å². The maximum atomic E-state index is 13.6. The van der Waals surface area contributed by atoms with Gasteiger partial charge in [0, 0.05) is 13.0 Å². The van der Waals surface area contributed by atoms with E-state index >= 15 is 0 Å². The Morgan fingerprint density at radius 1 is 1.28 bits per heavy atom. The minimum atomic E-state index is -0.694. The molecule has 1 rings (SSSR count). The summed E-state index contributed by atoms with van der Waals surface area (Å²) in [6.07, 6.45) is 1.69. The minimum Gasteiger partial charge on any atom is -0.488 e. The number of hydrogen-bond donors (Lipinski definition) is 1. The van der Waals surface area contributed by atoms with Gasteiger partial charge in [0.15, 0.2) is 17.4 Å². The molecule has 1 aromatic rings. The summed E-state index contributed by atoms with van der Waals surface area (Å²) in [5.74, 6) is -1.73. The number of hydrogen-bond acceptors (Lipinski definition) is 3. The van der Waals surface area contributed by atoms with Crippen LogP contribution in [0.2, 0.25) is 0 Å². The molecule has 0 aliphatic heterocycles. The van der Waals surface area contributed by atoms with Gasteiger partial charge in [0.2, 0.25) is 0 Å². The van der Waals surface area contributed by atoms with Gasteiger partial charge in [-0.2, -0.15) is 5.26 Å². The molecule has 0 unspecified atom stereocenters. The first kappa shape index (κ1) is 14.4. The van der Waals surface area contributed by atoms with Gasteiger partial charge in [0.05, 0.1) is 12.7 Å². The van der Waals surface area contributed by atoms with Crippen molar-refractivity contribution in [2.75, 3.05) is 13.7 Å². The highest BCUT2D eigenvalue weighted by Crippen LogP contribution is 2.23. The smallest absolute Gasteiger partial charge is 0.190 e. The van der Waals surface area contributed by atoms with E-state index in [1.54, 1.807) is 7.05 Å². The summed E-state index contributed by atoms with van der Waals surface area (Å²) >= 11 is 0. The van der Waals surface area contributed by atoms with Gasteiger partial charge in [-0.3, -0.25) is 0 Å². The molecule has 0 bridgehead atoms. The molecule has 1 aromatic carbocycles. The highest BCUT2D eigenvalue weighted by atomic mass is 19.1. The second kappa shape index (κ2) is 7.62. The van der Waals surface area contributed by atoms with Crippen molar-refractivity contribution in [1.29, 1.82) is 5.26 Å². The number of nitrogens with zero attached hydrogens (tertiary/aromatic N) is 1. The third-order valence-electron chi connectivity index (χ3n) is 2.37. The van der Waals surface area contributed by atoms with E-state index in [4.69, 9.17) is 10.00 Å². The van der Waals surface area contributed by atoms with E-state index in [0.29, 0.717) is 31.4 Å². The van der Waals surface area contributed by atoms with Crippen LogP contribution in [0.15, 0.2) is 12.1 Å². The van der Waals surface area contributed by atoms with Crippen LogP contribution in [0.1, 0.15) is 24.8 Å². The molecule has 0 radical (unpaired) electrons. The molecule has 0 atom stereocenters. The fourth-order valence-electron chi connectivity index (χ4n) is 1.54. The largest absolute Gasteiger partial charge is 0.488 e. The number of nitriles is 1. The van der Waals surface area contributed by atoms with Gasteiger partial charge >= 0.3 is 0 Å². The van der Waals surface area contributed by atoms with Crippen LogP contribution in [0, 0.1) is 23.0 Å². The summed E-state index contributed by atoms with van der Waals surface area (Å²) in [5, 5.41) is 11.2. The third-order valence-corrected chi connectivity index (χ3v) is 2.37. The van der Waals surface area contributed by atoms with Crippen molar-refractivity contribution in [3.05, 3.63) is 29.3 Å². The Labute approximate surface area is 105 Å². The molecule has 0 fully saturated rings. The summed E-state index contributed by atoms with van der Waals surface area (Å²) < 4.78 is 32.2. The number of unbranched alkanes of at least 4 members (excludes halogenated alkanes) is 2. The van der Waals surface area contributed by atoms with Crippen LogP contribution in [0.3, 0.4) is 0 Å². The lowest BCUT2D eigenvalue weighted by molar-refractivity contribution is 0.277. The molecule has 0 saturated carbocycles.